The van der Waals surface area contributed by atoms with Gasteiger partial charge in [0.25, 0.3) is 5.91 Å². The Morgan fingerprint density at radius 3 is 2.69 bits per heavy atom. The minimum Gasteiger partial charge on any atom is -0.357 e. The van der Waals surface area contributed by atoms with E-state index in [1.54, 1.807) is 4.90 Å². The topological polar surface area (TPSA) is 103 Å². The standard InChI is InChI=1S/C22H27N5O2/c1-12-4-5-18-16(10-12)17(21(28)25-18)11-19-13(2)20(14(3)24-19)26-22(29)27-8-6-15(23)7-9-27/h4-5,10-11,15,24H,6-9,23H2,1-3H3,(H,25,28)(H,26,29)/b17-11-. The van der Waals surface area contributed by atoms with Crippen molar-refractivity contribution in [2.24, 2.45) is 5.73 Å². The number of aromatic nitrogens is 1. The van der Waals surface area contributed by atoms with Gasteiger partial charge in [0.2, 0.25) is 0 Å². The van der Waals surface area contributed by atoms with E-state index in [9.17, 15) is 9.59 Å². The molecule has 0 saturated carbocycles. The molecule has 2 aliphatic rings. The van der Waals surface area contributed by atoms with Crippen molar-refractivity contribution in [2.45, 2.75) is 39.7 Å². The summed E-state index contributed by atoms with van der Waals surface area (Å²) in [6, 6.07) is 5.98. The van der Waals surface area contributed by atoms with Gasteiger partial charge in [-0.1, -0.05) is 11.6 Å². The van der Waals surface area contributed by atoms with Crippen LogP contribution < -0.4 is 16.4 Å². The summed E-state index contributed by atoms with van der Waals surface area (Å²) in [6.45, 7) is 7.21. The van der Waals surface area contributed by atoms with Gasteiger partial charge >= 0.3 is 6.03 Å². The van der Waals surface area contributed by atoms with E-state index in [0.717, 1.165) is 52.3 Å². The largest absolute Gasteiger partial charge is 0.357 e. The zero-order chi connectivity index (χ0) is 20.7. The molecule has 7 heteroatoms. The molecule has 3 amide bonds. The minimum atomic E-state index is -0.118. The SMILES string of the molecule is Cc1ccc2c(c1)/C(=C/c1[nH]c(C)c(NC(=O)N3CCC(N)CC3)c1C)C(=O)N2. The van der Waals surface area contributed by atoms with Gasteiger partial charge in [0.1, 0.15) is 0 Å². The van der Waals surface area contributed by atoms with Crippen LogP contribution in [0.25, 0.3) is 11.6 Å². The number of H-pyrrole nitrogens is 1. The van der Waals surface area contributed by atoms with E-state index in [4.69, 9.17) is 5.73 Å². The maximum absolute atomic E-state index is 12.7. The van der Waals surface area contributed by atoms with E-state index in [-0.39, 0.29) is 18.0 Å². The number of rotatable bonds is 2. The van der Waals surface area contributed by atoms with E-state index in [1.165, 1.54) is 0 Å². The molecule has 7 nitrogen and oxygen atoms in total. The molecule has 0 aliphatic carbocycles. The number of nitrogens with two attached hydrogens (primary N) is 1. The summed E-state index contributed by atoms with van der Waals surface area (Å²) in [6.07, 6.45) is 3.51. The molecule has 0 spiro atoms. The van der Waals surface area contributed by atoms with Crippen LogP contribution in [0.1, 0.15) is 40.9 Å². The van der Waals surface area contributed by atoms with Crippen LogP contribution in [0, 0.1) is 20.8 Å². The predicted molar refractivity (Wildman–Crippen MR) is 116 cm³/mol. The highest BCUT2D eigenvalue weighted by atomic mass is 16.2. The molecule has 0 unspecified atom stereocenters. The van der Waals surface area contributed by atoms with Gasteiger partial charge in [0, 0.05) is 41.8 Å². The average Bonchev–Trinajstić information content (AvgIpc) is 3.13. The molecular weight excluding hydrogens is 366 g/mol. The summed E-state index contributed by atoms with van der Waals surface area (Å²) in [5, 5.41) is 5.94. The normalized spacial score (nSPS) is 18.1. The number of piperidine rings is 1. The zero-order valence-corrected chi connectivity index (χ0v) is 17.1. The summed E-state index contributed by atoms with van der Waals surface area (Å²) in [7, 11) is 0. The van der Waals surface area contributed by atoms with E-state index >= 15 is 0 Å². The van der Waals surface area contributed by atoms with Crippen LogP contribution in [-0.4, -0.2) is 41.0 Å². The highest BCUT2D eigenvalue weighted by Gasteiger charge is 2.26. The molecule has 1 aromatic carbocycles. The third kappa shape index (κ3) is 3.65. The lowest BCUT2D eigenvalue weighted by molar-refractivity contribution is -0.110. The first-order valence-electron chi connectivity index (χ1n) is 9.98. The van der Waals surface area contributed by atoms with Crippen molar-refractivity contribution in [1.29, 1.82) is 0 Å². The third-order valence-corrected chi connectivity index (χ3v) is 5.78. The Hall–Kier alpha value is -3.06. The average molecular weight is 393 g/mol. The van der Waals surface area contributed by atoms with Crippen LogP contribution in [-0.2, 0) is 4.79 Å². The Labute approximate surface area is 170 Å². The summed E-state index contributed by atoms with van der Waals surface area (Å²) < 4.78 is 0. The van der Waals surface area contributed by atoms with Crippen LogP contribution in [0.5, 0.6) is 0 Å². The smallest absolute Gasteiger partial charge is 0.321 e. The number of aromatic amines is 1. The van der Waals surface area contributed by atoms with Crippen LogP contribution in [0.2, 0.25) is 0 Å². The Bertz CT molecular complexity index is 1010. The number of anilines is 2. The predicted octanol–water partition coefficient (Wildman–Crippen LogP) is 3.39. The third-order valence-electron chi connectivity index (χ3n) is 5.78. The van der Waals surface area contributed by atoms with Crippen molar-refractivity contribution < 1.29 is 9.59 Å². The number of hydrogen-bond acceptors (Lipinski definition) is 3. The molecule has 4 rings (SSSR count). The summed E-state index contributed by atoms with van der Waals surface area (Å²) in [5.41, 5.74) is 12.7. The second-order valence-electron chi connectivity index (χ2n) is 7.98. The Morgan fingerprint density at radius 1 is 1.24 bits per heavy atom. The fourth-order valence-corrected chi connectivity index (χ4v) is 3.98. The molecule has 5 N–H and O–H groups in total. The Morgan fingerprint density at radius 2 is 1.97 bits per heavy atom. The lowest BCUT2D eigenvalue weighted by Crippen LogP contribution is -2.44. The van der Waals surface area contributed by atoms with Gasteiger partial charge in [-0.25, -0.2) is 4.79 Å². The number of likely N-dealkylation sites (tertiary alicyclic amines) is 1. The summed E-state index contributed by atoms with van der Waals surface area (Å²) >= 11 is 0. The molecule has 2 aliphatic heterocycles. The lowest BCUT2D eigenvalue weighted by atomic mass is 10.0. The van der Waals surface area contributed by atoms with Crippen LogP contribution in [0.15, 0.2) is 18.2 Å². The number of benzene rings is 1. The van der Waals surface area contributed by atoms with Crippen molar-refractivity contribution in [1.82, 2.24) is 9.88 Å². The molecule has 1 aromatic heterocycles. The van der Waals surface area contributed by atoms with Crippen molar-refractivity contribution in [3.8, 4) is 0 Å². The molecule has 3 heterocycles. The zero-order valence-electron chi connectivity index (χ0n) is 17.1. The van der Waals surface area contributed by atoms with Crippen molar-refractivity contribution >= 4 is 35.0 Å². The second kappa shape index (κ2) is 7.40. The summed E-state index contributed by atoms with van der Waals surface area (Å²) in [4.78, 5) is 30.3. The number of nitrogens with zero attached hydrogens (tertiary/aromatic N) is 1. The maximum atomic E-state index is 12.7. The van der Waals surface area contributed by atoms with Gasteiger partial charge < -0.3 is 26.3 Å². The van der Waals surface area contributed by atoms with E-state index in [1.807, 2.05) is 45.0 Å². The molecule has 0 radical (unpaired) electrons. The number of carbonyl (C=O) groups excluding carboxylic acids is 2. The molecule has 1 saturated heterocycles. The van der Waals surface area contributed by atoms with E-state index in [2.05, 4.69) is 15.6 Å². The van der Waals surface area contributed by atoms with Crippen molar-refractivity contribution in [3.63, 3.8) is 0 Å². The molecule has 2 aromatic rings. The minimum absolute atomic E-state index is 0.110. The molecule has 0 bridgehead atoms. The first kappa shape index (κ1) is 19.3. The number of carbonyl (C=O) groups is 2. The van der Waals surface area contributed by atoms with E-state index < -0.39 is 0 Å². The van der Waals surface area contributed by atoms with Crippen LogP contribution in [0.4, 0.5) is 16.2 Å². The number of aryl methyl sites for hydroxylation is 2. The van der Waals surface area contributed by atoms with Crippen molar-refractivity contribution in [2.75, 3.05) is 23.7 Å². The van der Waals surface area contributed by atoms with Crippen molar-refractivity contribution in [3.05, 3.63) is 46.3 Å². The Kier molecular flexibility index (Phi) is 4.92. The second-order valence-corrected chi connectivity index (χ2v) is 7.98. The highest BCUT2D eigenvalue weighted by molar-refractivity contribution is 6.35. The summed E-state index contributed by atoms with van der Waals surface area (Å²) in [5.74, 6) is -0.118. The first-order chi connectivity index (χ1) is 13.8. The number of urea groups is 1. The van der Waals surface area contributed by atoms with Gasteiger partial charge in [0.15, 0.2) is 0 Å². The van der Waals surface area contributed by atoms with E-state index in [0.29, 0.717) is 18.7 Å². The highest BCUT2D eigenvalue weighted by Crippen LogP contribution is 2.35. The molecular formula is C22H27N5O2. The molecule has 0 atom stereocenters. The van der Waals surface area contributed by atoms with Gasteiger partial charge in [-0.05, 0) is 57.4 Å². The van der Waals surface area contributed by atoms with Gasteiger partial charge in [0.05, 0.1) is 11.3 Å². The van der Waals surface area contributed by atoms with Gasteiger partial charge in [-0.15, -0.1) is 0 Å². The molecule has 152 valence electrons. The quantitative estimate of drug-likeness (QED) is 0.588. The van der Waals surface area contributed by atoms with Crippen LogP contribution in [0.3, 0.4) is 0 Å². The maximum Gasteiger partial charge on any atom is 0.321 e. The molecule has 29 heavy (non-hydrogen) atoms. The monoisotopic (exact) mass is 393 g/mol. The fraction of sp³-hybridized carbons (Fsp3) is 0.364. The van der Waals surface area contributed by atoms with Gasteiger partial charge in [-0.3, -0.25) is 4.79 Å². The number of amides is 3. The number of hydrogen-bond donors (Lipinski definition) is 4. The molecule has 1 fully saturated rings. The fourth-order valence-electron chi connectivity index (χ4n) is 3.98. The van der Waals surface area contributed by atoms with Gasteiger partial charge in [-0.2, -0.15) is 0 Å². The number of nitrogens with one attached hydrogen (secondary N) is 3. The van der Waals surface area contributed by atoms with Crippen LogP contribution >= 0.6 is 0 Å². The first-order valence-corrected chi connectivity index (χ1v) is 9.98. The number of fused-ring (bicyclic) bond motifs is 1. The lowest BCUT2D eigenvalue weighted by Gasteiger charge is -2.30. The Balaban J connectivity index is 1.60.